The average molecular weight is 272 g/mol. The number of rotatable bonds is 4. The van der Waals surface area contributed by atoms with Gasteiger partial charge in [0.05, 0.1) is 5.92 Å². The minimum atomic E-state index is -0.192. The summed E-state index contributed by atoms with van der Waals surface area (Å²) in [6.45, 7) is 1.90. The first-order valence-electron chi connectivity index (χ1n) is 7.11. The number of hydrogen-bond acceptors (Lipinski definition) is 4. The molecule has 2 atom stereocenters. The Hall–Kier alpha value is -2.04. The van der Waals surface area contributed by atoms with Crippen LogP contribution in [0.25, 0.3) is 0 Å². The summed E-state index contributed by atoms with van der Waals surface area (Å²) < 4.78 is 0. The van der Waals surface area contributed by atoms with Gasteiger partial charge < -0.3 is 11.1 Å². The van der Waals surface area contributed by atoms with Crippen molar-refractivity contribution >= 4 is 17.3 Å². The maximum atomic E-state index is 12.2. The third-order valence-corrected chi connectivity index (χ3v) is 3.97. The molecule has 0 bridgehead atoms. The predicted molar refractivity (Wildman–Crippen MR) is 79.1 cm³/mol. The number of amides is 1. The quantitative estimate of drug-likeness (QED) is 0.728. The fourth-order valence-electron chi connectivity index (χ4n) is 2.45. The van der Waals surface area contributed by atoms with Gasteiger partial charge in [-0.25, -0.2) is 0 Å². The van der Waals surface area contributed by atoms with Crippen molar-refractivity contribution in [2.75, 3.05) is 5.73 Å². The second-order valence-corrected chi connectivity index (χ2v) is 5.66. The van der Waals surface area contributed by atoms with Crippen molar-refractivity contribution in [3.63, 3.8) is 0 Å². The van der Waals surface area contributed by atoms with E-state index in [9.17, 15) is 4.79 Å². The molecule has 4 N–H and O–H groups in total. The van der Waals surface area contributed by atoms with Crippen molar-refractivity contribution < 1.29 is 4.79 Å². The topological polar surface area (TPSA) is 79.5 Å². The van der Waals surface area contributed by atoms with Gasteiger partial charge in [0.25, 0.3) is 0 Å². The van der Waals surface area contributed by atoms with E-state index in [1.165, 1.54) is 18.6 Å². The van der Waals surface area contributed by atoms with E-state index in [4.69, 9.17) is 5.73 Å². The third kappa shape index (κ3) is 2.76. The molecule has 1 fully saturated rings. The van der Waals surface area contributed by atoms with Gasteiger partial charge in [-0.15, -0.1) is 0 Å². The number of nitrogens with one attached hydrogen (secondary N) is 2. The standard InChI is InChI=1S/C15H20N4O/c1-9(10-4-6-12(16)7-5-10)15(20)17-14-8-13(18-19-14)11-2-3-11/h4-7,9,11,14,19H,2-3,8,16H2,1H3,(H,17,20)/t9-,14?/m0/s1. The number of benzene rings is 1. The van der Waals surface area contributed by atoms with Crippen LogP contribution in [0.2, 0.25) is 0 Å². The molecule has 1 saturated carbocycles. The van der Waals surface area contributed by atoms with Crippen LogP contribution < -0.4 is 16.5 Å². The van der Waals surface area contributed by atoms with Gasteiger partial charge in [-0.2, -0.15) is 5.10 Å². The first-order valence-corrected chi connectivity index (χ1v) is 7.11. The Balaban J connectivity index is 1.55. The molecule has 1 heterocycles. The SMILES string of the molecule is C[C@H](C(=O)NC1CC(C2CC2)=NN1)c1ccc(N)cc1. The number of carbonyl (C=O) groups excluding carboxylic acids is 1. The van der Waals surface area contributed by atoms with Crippen LogP contribution in [-0.2, 0) is 4.79 Å². The Bertz CT molecular complexity index is 533. The van der Waals surface area contributed by atoms with Crippen LogP contribution in [0.4, 0.5) is 5.69 Å². The maximum absolute atomic E-state index is 12.2. The van der Waals surface area contributed by atoms with Crippen LogP contribution in [0.1, 0.15) is 37.7 Å². The van der Waals surface area contributed by atoms with Crippen molar-refractivity contribution in [2.45, 2.75) is 38.3 Å². The molecular formula is C15H20N4O. The van der Waals surface area contributed by atoms with Crippen LogP contribution in [0.15, 0.2) is 29.4 Å². The van der Waals surface area contributed by atoms with Crippen molar-refractivity contribution in [2.24, 2.45) is 11.0 Å². The summed E-state index contributed by atoms with van der Waals surface area (Å²) in [7, 11) is 0. The molecule has 1 aliphatic carbocycles. The summed E-state index contributed by atoms with van der Waals surface area (Å²) >= 11 is 0. The van der Waals surface area contributed by atoms with Crippen LogP contribution in [0.3, 0.4) is 0 Å². The second-order valence-electron chi connectivity index (χ2n) is 5.66. The maximum Gasteiger partial charge on any atom is 0.228 e. The Kier molecular flexibility index (Phi) is 3.34. The zero-order valence-corrected chi connectivity index (χ0v) is 11.6. The molecule has 1 amide bonds. The van der Waals surface area contributed by atoms with E-state index in [1.807, 2.05) is 31.2 Å². The van der Waals surface area contributed by atoms with Crippen LogP contribution in [-0.4, -0.2) is 17.8 Å². The number of nitrogens with zero attached hydrogens (tertiary/aromatic N) is 1. The predicted octanol–water partition coefficient (Wildman–Crippen LogP) is 1.57. The minimum Gasteiger partial charge on any atom is -0.399 e. The van der Waals surface area contributed by atoms with Crippen molar-refractivity contribution in [1.29, 1.82) is 0 Å². The van der Waals surface area contributed by atoms with E-state index in [-0.39, 0.29) is 18.0 Å². The molecule has 1 unspecified atom stereocenters. The molecule has 0 spiro atoms. The Morgan fingerprint density at radius 1 is 1.40 bits per heavy atom. The van der Waals surface area contributed by atoms with Crippen molar-refractivity contribution in [3.8, 4) is 0 Å². The summed E-state index contributed by atoms with van der Waals surface area (Å²) in [5, 5.41) is 7.32. The highest BCUT2D eigenvalue weighted by Gasteiger charge is 2.33. The molecule has 1 aromatic carbocycles. The van der Waals surface area contributed by atoms with Crippen molar-refractivity contribution in [1.82, 2.24) is 10.7 Å². The highest BCUT2D eigenvalue weighted by molar-refractivity contribution is 5.91. The number of hydrogen-bond donors (Lipinski definition) is 3. The first kappa shape index (κ1) is 13.0. The first-order chi connectivity index (χ1) is 9.63. The highest BCUT2D eigenvalue weighted by atomic mass is 16.2. The largest absolute Gasteiger partial charge is 0.399 e. The molecule has 2 aliphatic rings. The van der Waals surface area contributed by atoms with Gasteiger partial charge in [-0.1, -0.05) is 12.1 Å². The van der Waals surface area contributed by atoms with Crippen LogP contribution in [0.5, 0.6) is 0 Å². The van der Waals surface area contributed by atoms with Crippen molar-refractivity contribution in [3.05, 3.63) is 29.8 Å². The Morgan fingerprint density at radius 3 is 2.75 bits per heavy atom. The van der Waals surface area contributed by atoms with E-state index in [0.717, 1.165) is 12.0 Å². The molecule has 5 heteroatoms. The zero-order chi connectivity index (χ0) is 14.1. The fourth-order valence-corrected chi connectivity index (χ4v) is 2.45. The van der Waals surface area contributed by atoms with Crippen LogP contribution >= 0.6 is 0 Å². The smallest absolute Gasteiger partial charge is 0.228 e. The zero-order valence-electron chi connectivity index (χ0n) is 11.6. The lowest BCUT2D eigenvalue weighted by Crippen LogP contribution is -2.42. The summed E-state index contributed by atoms with van der Waals surface area (Å²) in [5.41, 5.74) is 11.6. The lowest BCUT2D eigenvalue weighted by molar-refractivity contribution is -0.123. The van der Waals surface area contributed by atoms with E-state index in [2.05, 4.69) is 15.8 Å². The molecule has 0 aromatic heterocycles. The molecule has 0 saturated heterocycles. The highest BCUT2D eigenvalue weighted by Crippen LogP contribution is 2.33. The van der Waals surface area contributed by atoms with E-state index in [0.29, 0.717) is 11.6 Å². The van der Waals surface area contributed by atoms with Gasteiger partial charge >= 0.3 is 0 Å². The molecule has 1 aliphatic heterocycles. The molecule has 106 valence electrons. The summed E-state index contributed by atoms with van der Waals surface area (Å²) in [5.74, 6) is 0.473. The molecule has 0 radical (unpaired) electrons. The third-order valence-electron chi connectivity index (χ3n) is 3.97. The summed E-state index contributed by atoms with van der Waals surface area (Å²) in [4.78, 5) is 12.2. The van der Waals surface area contributed by atoms with Gasteiger partial charge in [0, 0.05) is 17.8 Å². The van der Waals surface area contributed by atoms with Gasteiger partial charge in [0.2, 0.25) is 5.91 Å². The summed E-state index contributed by atoms with van der Waals surface area (Å²) in [6.07, 6.45) is 3.24. The van der Waals surface area contributed by atoms with E-state index in [1.54, 1.807) is 0 Å². The van der Waals surface area contributed by atoms with Gasteiger partial charge in [-0.3, -0.25) is 10.2 Å². The molecule has 1 aromatic rings. The lowest BCUT2D eigenvalue weighted by atomic mass is 10.00. The normalized spacial score (nSPS) is 22.9. The monoisotopic (exact) mass is 272 g/mol. The summed E-state index contributed by atoms with van der Waals surface area (Å²) in [6, 6.07) is 7.43. The molecule has 3 rings (SSSR count). The molecule has 5 nitrogen and oxygen atoms in total. The van der Waals surface area contributed by atoms with Gasteiger partial charge in [-0.05, 0) is 43.4 Å². The Labute approximate surface area is 118 Å². The van der Waals surface area contributed by atoms with Crippen LogP contribution in [0, 0.1) is 5.92 Å². The second kappa shape index (κ2) is 5.15. The number of carbonyl (C=O) groups is 1. The Morgan fingerprint density at radius 2 is 2.10 bits per heavy atom. The lowest BCUT2D eigenvalue weighted by Gasteiger charge is -2.17. The van der Waals surface area contributed by atoms with E-state index >= 15 is 0 Å². The number of nitrogen functional groups attached to an aromatic ring is 1. The fraction of sp³-hybridized carbons (Fsp3) is 0.467. The number of anilines is 1. The molecule has 20 heavy (non-hydrogen) atoms. The minimum absolute atomic E-state index is 0.0134. The van der Waals surface area contributed by atoms with Gasteiger partial charge in [0.15, 0.2) is 0 Å². The molecular weight excluding hydrogens is 252 g/mol. The van der Waals surface area contributed by atoms with Gasteiger partial charge in [0.1, 0.15) is 6.17 Å². The number of hydrazone groups is 1. The number of nitrogens with two attached hydrogens (primary N) is 1. The van der Waals surface area contributed by atoms with E-state index < -0.39 is 0 Å². The average Bonchev–Trinajstić information content (AvgIpc) is 3.20.